The molecule has 1 atom stereocenters. The molecule has 2 amide bonds. The highest BCUT2D eigenvalue weighted by atomic mass is 32.2. The number of halogens is 1. The predicted molar refractivity (Wildman–Crippen MR) is 102 cm³/mol. The predicted octanol–water partition coefficient (Wildman–Crippen LogP) is 3.45. The lowest BCUT2D eigenvalue weighted by Crippen LogP contribution is -2.28. The van der Waals surface area contributed by atoms with E-state index in [0.29, 0.717) is 5.17 Å². The van der Waals surface area contributed by atoms with Gasteiger partial charge >= 0.3 is 0 Å². The maximum Gasteiger partial charge on any atom is 0.240 e. The van der Waals surface area contributed by atoms with E-state index >= 15 is 0 Å². The molecular formula is C18H21FN4O2S. The topological polar surface area (TPSA) is 82.9 Å². The molecule has 6 nitrogen and oxygen atoms in total. The SMILES string of the molecule is O=C(CC1S/C(=N\N=C2CCCCCC2)NC1=O)Nc1ccccc1F. The van der Waals surface area contributed by atoms with Gasteiger partial charge in [0.1, 0.15) is 11.1 Å². The maximum atomic E-state index is 13.6. The van der Waals surface area contributed by atoms with Gasteiger partial charge in [0.15, 0.2) is 5.17 Å². The molecule has 0 spiro atoms. The van der Waals surface area contributed by atoms with Crippen LogP contribution in [-0.2, 0) is 9.59 Å². The number of thioether (sulfide) groups is 1. The van der Waals surface area contributed by atoms with Gasteiger partial charge in [0.05, 0.1) is 5.69 Å². The maximum absolute atomic E-state index is 13.6. The highest BCUT2D eigenvalue weighted by molar-refractivity contribution is 8.15. The number of nitrogens with zero attached hydrogens (tertiary/aromatic N) is 2. The fourth-order valence-electron chi connectivity index (χ4n) is 2.87. The number of carbonyl (C=O) groups excluding carboxylic acids is 2. The van der Waals surface area contributed by atoms with Gasteiger partial charge in [0, 0.05) is 12.1 Å². The zero-order valence-electron chi connectivity index (χ0n) is 14.3. The zero-order valence-corrected chi connectivity index (χ0v) is 15.2. The van der Waals surface area contributed by atoms with E-state index in [4.69, 9.17) is 0 Å². The zero-order chi connectivity index (χ0) is 18.4. The van der Waals surface area contributed by atoms with Crippen LogP contribution in [0.25, 0.3) is 0 Å². The highest BCUT2D eigenvalue weighted by Gasteiger charge is 2.32. The van der Waals surface area contributed by atoms with Gasteiger partial charge in [-0.2, -0.15) is 5.10 Å². The van der Waals surface area contributed by atoms with Crippen LogP contribution in [0.5, 0.6) is 0 Å². The summed E-state index contributed by atoms with van der Waals surface area (Å²) in [5.74, 6) is -1.21. The van der Waals surface area contributed by atoms with Crippen LogP contribution in [0.3, 0.4) is 0 Å². The number of amidine groups is 1. The smallest absolute Gasteiger partial charge is 0.240 e. The second-order valence-electron chi connectivity index (χ2n) is 6.31. The summed E-state index contributed by atoms with van der Waals surface area (Å²) in [7, 11) is 0. The molecule has 1 aromatic rings. The van der Waals surface area contributed by atoms with E-state index in [9.17, 15) is 14.0 Å². The summed E-state index contributed by atoms with van der Waals surface area (Å²) >= 11 is 1.18. The number of amides is 2. The van der Waals surface area contributed by atoms with E-state index in [2.05, 4.69) is 20.8 Å². The first-order valence-corrected chi connectivity index (χ1v) is 9.65. The van der Waals surface area contributed by atoms with Crippen LogP contribution in [0.2, 0.25) is 0 Å². The number of carbonyl (C=O) groups is 2. The van der Waals surface area contributed by atoms with E-state index in [1.165, 1.54) is 36.7 Å². The van der Waals surface area contributed by atoms with Crippen LogP contribution in [0.4, 0.5) is 10.1 Å². The molecule has 2 aliphatic rings. The molecule has 3 rings (SSSR count). The number of nitrogens with one attached hydrogen (secondary N) is 2. The first-order chi connectivity index (χ1) is 12.6. The van der Waals surface area contributed by atoms with Crippen LogP contribution in [0.15, 0.2) is 34.5 Å². The highest BCUT2D eigenvalue weighted by Crippen LogP contribution is 2.24. The van der Waals surface area contributed by atoms with Gasteiger partial charge in [-0.3, -0.25) is 9.59 Å². The van der Waals surface area contributed by atoms with E-state index in [1.54, 1.807) is 12.1 Å². The summed E-state index contributed by atoms with van der Waals surface area (Å²) in [4.78, 5) is 24.1. The van der Waals surface area contributed by atoms with Crippen molar-refractivity contribution >= 4 is 40.1 Å². The quantitative estimate of drug-likeness (QED) is 0.624. The molecule has 2 N–H and O–H groups in total. The van der Waals surface area contributed by atoms with Crippen molar-refractivity contribution in [2.24, 2.45) is 10.2 Å². The van der Waals surface area contributed by atoms with Gasteiger partial charge in [-0.25, -0.2) is 4.39 Å². The van der Waals surface area contributed by atoms with Crippen LogP contribution < -0.4 is 10.6 Å². The molecule has 1 heterocycles. The Morgan fingerprint density at radius 1 is 1.19 bits per heavy atom. The summed E-state index contributed by atoms with van der Waals surface area (Å²) in [5.41, 5.74) is 1.17. The monoisotopic (exact) mass is 376 g/mol. The Morgan fingerprint density at radius 3 is 2.65 bits per heavy atom. The van der Waals surface area contributed by atoms with Crippen LogP contribution in [-0.4, -0.2) is 27.9 Å². The molecule has 8 heteroatoms. The average Bonchev–Trinajstić information content (AvgIpc) is 2.82. The molecule has 2 fully saturated rings. The number of rotatable bonds is 4. The van der Waals surface area contributed by atoms with Crippen molar-refractivity contribution in [1.82, 2.24) is 5.32 Å². The number of hydrogen-bond donors (Lipinski definition) is 2. The standard InChI is InChI=1S/C18H21FN4O2S/c19-13-9-5-6-10-14(13)20-16(24)11-15-17(25)21-18(26-15)23-22-12-7-3-1-2-4-8-12/h5-6,9-10,15H,1-4,7-8,11H2,(H,20,24)(H,21,23,25). The summed E-state index contributed by atoms with van der Waals surface area (Å²) in [5, 5.41) is 13.4. The minimum Gasteiger partial charge on any atom is -0.324 e. The summed E-state index contributed by atoms with van der Waals surface area (Å²) in [6.07, 6.45) is 6.54. The van der Waals surface area contributed by atoms with Crippen molar-refractivity contribution in [2.45, 2.75) is 50.2 Å². The van der Waals surface area contributed by atoms with Gasteiger partial charge in [-0.05, 0) is 37.8 Å². The molecule has 1 unspecified atom stereocenters. The molecule has 26 heavy (non-hydrogen) atoms. The van der Waals surface area contributed by atoms with Gasteiger partial charge < -0.3 is 10.6 Å². The summed E-state index contributed by atoms with van der Waals surface area (Å²) < 4.78 is 13.6. The van der Waals surface area contributed by atoms with Gasteiger partial charge in [-0.1, -0.05) is 36.7 Å². The van der Waals surface area contributed by atoms with Crippen molar-refractivity contribution in [2.75, 3.05) is 5.32 Å². The molecule has 1 saturated carbocycles. The van der Waals surface area contributed by atoms with Crippen molar-refractivity contribution in [3.05, 3.63) is 30.1 Å². The third kappa shape index (κ3) is 5.14. The lowest BCUT2D eigenvalue weighted by atomic mass is 10.2. The number of para-hydroxylation sites is 1. The Hall–Kier alpha value is -2.22. The third-order valence-corrected chi connectivity index (χ3v) is 5.33. The molecule has 1 aliphatic heterocycles. The van der Waals surface area contributed by atoms with Crippen molar-refractivity contribution in [3.8, 4) is 0 Å². The minimum atomic E-state index is -0.588. The summed E-state index contributed by atoms with van der Waals surface area (Å²) in [6.45, 7) is 0. The molecule has 0 aromatic heterocycles. The first-order valence-electron chi connectivity index (χ1n) is 8.77. The van der Waals surface area contributed by atoms with E-state index < -0.39 is 17.0 Å². The van der Waals surface area contributed by atoms with Crippen LogP contribution in [0.1, 0.15) is 44.9 Å². The normalized spacial score (nSPS) is 22.0. The second-order valence-corrected chi connectivity index (χ2v) is 7.50. The molecule has 1 aromatic carbocycles. The third-order valence-electron chi connectivity index (χ3n) is 4.26. The largest absolute Gasteiger partial charge is 0.324 e. The molecule has 1 saturated heterocycles. The lowest BCUT2D eigenvalue weighted by Gasteiger charge is -2.07. The molecule has 138 valence electrons. The fraction of sp³-hybridized carbons (Fsp3) is 0.444. The fourth-order valence-corrected chi connectivity index (χ4v) is 3.79. The van der Waals surface area contributed by atoms with E-state index in [0.717, 1.165) is 31.4 Å². The van der Waals surface area contributed by atoms with E-state index in [1.807, 2.05) is 0 Å². The van der Waals surface area contributed by atoms with Crippen molar-refractivity contribution < 1.29 is 14.0 Å². The van der Waals surface area contributed by atoms with Crippen LogP contribution in [0, 0.1) is 5.82 Å². The van der Waals surface area contributed by atoms with Gasteiger partial charge in [-0.15, -0.1) is 5.10 Å². The Balaban J connectivity index is 1.55. The van der Waals surface area contributed by atoms with Gasteiger partial charge in [0.2, 0.25) is 11.8 Å². The van der Waals surface area contributed by atoms with E-state index in [-0.39, 0.29) is 18.0 Å². The summed E-state index contributed by atoms with van der Waals surface area (Å²) in [6, 6.07) is 5.92. The van der Waals surface area contributed by atoms with Crippen LogP contribution >= 0.6 is 11.8 Å². The average molecular weight is 376 g/mol. The van der Waals surface area contributed by atoms with Gasteiger partial charge in [0.25, 0.3) is 0 Å². The Morgan fingerprint density at radius 2 is 1.92 bits per heavy atom. The number of hydrogen-bond acceptors (Lipinski definition) is 5. The molecule has 1 aliphatic carbocycles. The molecule has 0 radical (unpaired) electrons. The molecule has 0 bridgehead atoms. The Kier molecular flexibility index (Phi) is 6.38. The Bertz CT molecular complexity index is 740. The second kappa shape index (κ2) is 8.93. The first kappa shape index (κ1) is 18.6. The Labute approximate surface area is 155 Å². The number of anilines is 1. The minimum absolute atomic E-state index is 0.0551. The molecular weight excluding hydrogens is 355 g/mol. The van der Waals surface area contributed by atoms with Crippen molar-refractivity contribution in [1.29, 1.82) is 0 Å². The lowest BCUT2D eigenvalue weighted by molar-refractivity contribution is -0.122. The van der Waals surface area contributed by atoms with Crippen molar-refractivity contribution in [3.63, 3.8) is 0 Å². The number of benzene rings is 1.